The van der Waals surface area contributed by atoms with E-state index in [0.717, 1.165) is 17.5 Å². The number of benzene rings is 1. The molecule has 0 aliphatic rings. The Morgan fingerprint density at radius 3 is 2.57 bits per heavy atom. The van der Waals surface area contributed by atoms with Gasteiger partial charge in [-0.3, -0.25) is 0 Å². The van der Waals surface area contributed by atoms with Crippen LogP contribution in [0.1, 0.15) is 5.56 Å². The molecule has 0 amide bonds. The highest BCUT2D eigenvalue weighted by molar-refractivity contribution is 5.79. The fraction of sp³-hybridized carbons (Fsp3) is 0.214. The van der Waals surface area contributed by atoms with Gasteiger partial charge in [0.25, 0.3) is 0 Å². The normalized spacial score (nSPS) is 10.7. The van der Waals surface area contributed by atoms with Crippen molar-refractivity contribution in [1.82, 2.24) is 9.97 Å². The predicted octanol–water partition coefficient (Wildman–Crippen LogP) is 2.10. The number of aromatic nitrogens is 2. The van der Waals surface area contributed by atoms with Gasteiger partial charge in [0, 0.05) is 14.1 Å². The minimum atomic E-state index is -0.522. The SMILES string of the molecule is COc1ccc(C=NOc2ncc(F)c(N(C)C)n2)cc1. The highest BCUT2D eigenvalue weighted by atomic mass is 19.1. The zero-order chi connectivity index (χ0) is 15.2. The molecule has 2 rings (SSSR count). The Morgan fingerprint density at radius 2 is 1.95 bits per heavy atom. The molecule has 110 valence electrons. The number of rotatable bonds is 5. The molecular formula is C14H15FN4O2. The molecule has 1 aromatic heterocycles. The number of anilines is 1. The first kappa shape index (κ1) is 14.7. The van der Waals surface area contributed by atoms with E-state index < -0.39 is 5.82 Å². The molecule has 0 unspecified atom stereocenters. The molecule has 0 fully saturated rings. The minimum absolute atomic E-state index is 0.0233. The monoisotopic (exact) mass is 290 g/mol. The van der Waals surface area contributed by atoms with E-state index in [4.69, 9.17) is 9.57 Å². The van der Waals surface area contributed by atoms with Crippen LogP contribution < -0.4 is 14.5 Å². The van der Waals surface area contributed by atoms with Crippen LogP contribution >= 0.6 is 0 Å². The zero-order valence-corrected chi connectivity index (χ0v) is 11.9. The number of oxime groups is 1. The van der Waals surface area contributed by atoms with Crippen LogP contribution in [0, 0.1) is 5.82 Å². The van der Waals surface area contributed by atoms with Crippen molar-refractivity contribution >= 4 is 12.0 Å². The summed E-state index contributed by atoms with van der Waals surface area (Å²) in [6.45, 7) is 0. The maximum absolute atomic E-state index is 13.4. The van der Waals surface area contributed by atoms with Crippen molar-refractivity contribution in [2.45, 2.75) is 0 Å². The van der Waals surface area contributed by atoms with Gasteiger partial charge in [-0.2, -0.15) is 9.97 Å². The second-order valence-corrected chi connectivity index (χ2v) is 4.32. The lowest BCUT2D eigenvalue weighted by Gasteiger charge is -2.11. The molecule has 0 bridgehead atoms. The number of hydrogen-bond donors (Lipinski definition) is 0. The first-order valence-electron chi connectivity index (χ1n) is 6.14. The average Bonchev–Trinajstić information content (AvgIpc) is 2.49. The quantitative estimate of drug-likeness (QED) is 0.623. The molecular weight excluding hydrogens is 275 g/mol. The standard InChI is InChI=1S/C14H15FN4O2/c1-19(2)13-12(15)9-16-14(18-13)21-17-8-10-4-6-11(20-3)7-5-10/h4-9H,1-3H3. The summed E-state index contributed by atoms with van der Waals surface area (Å²) in [4.78, 5) is 14.2. The second kappa shape index (κ2) is 6.65. The number of ether oxygens (including phenoxy) is 1. The van der Waals surface area contributed by atoms with Gasteiger partial charge in [-0.15, -0.1) is 0 Å². The molecule has 1 heterocycles. The van der Waals surface area contributed by atoms with Gasteiger partial charge in [-0.05, 0) is 29.8 Å². The first-order valence-corrected chi connectivity index (χ1v) is 6.14. The van der Waals surface area contributed by atoms with Crippen LogP contribution in [-0.2, 0) is 0 Å². The van der Waals surface area contributed by atoms with Gasteiger partial charge in [0.15, 0.2) is 11.6 Å². The summed E-state index contributed by atoms with van der Waals surface area (Å²) < 4.78 is 18.5. The van der Waals surface area contributed by atoms with E-state index in [0.29, 0.717) is 0 Å². The summed E-state index contributed by atoms with van der Waals surface area (Å²) in [7, 11) is 4.95. The molecule has 0 saturated heterocycles. The van der Waals surface area contributed by atoms with E-state index in [9.17, 15) is 4.39 Å². The van der Waals surface area contributed by atoms with Crippen LogP contribution in [0.3, 0.4) is 0 Å². The van der Waals surface area contributed by atoms with E-state index in [1.807, 2.05) is 12.1 Å². The van der Waals surface area contributed by atoms with Crippen LogP contribution in [0.4, 0.5) is 10.2 Å². The molecule has 21 heavy (non-hydrogen) atoms. The Hall–Kier alpha value is -2.70. The van der Waals surface area contributed by atoms with Crippen LogP contribution in [0.25, 0.3) is 0 Å². The molecule has 1 aromatic carbocycles. The molecule has 0 aliphatic carbocycles. The van der Waals surface area contributed by atoms with Gasteiger partial charge < -0.3 is 14.5 Å². The molecule has 0 aliphatic heterocycles. The topological polar surface area (TPSA) is 59.8 Å². The van der Waals surface area contributed by atoms with Gasteiger partial charge in [0.2, 0.25) is 0 Å². The third-order valence-electron chi connectivity index (χ3n) is 2.58. The maximum Gasteiger partial charge on any atom is 0.347 e. The highest BCUT2D eigenvalue weighted by Crippen LogP contribution is 2.15. The van der Waals surface area contributed by atoms with Crippen LogP contribution in [0.2, 0.25) is 0 Å². The van der Waals surface area contributed by atoms with Gasteiger partial charge in [-0.1, -0.05) is 5.16 Å². The Kier molecular flexibility index (Phi) is 4.65. The lowest BCUT2D eigenvalue weighted by Crippen LogP contribution is -2.13. The van der Waals surface area contributed by atoms with E-state index in [-0.39, 0.29) is 11.8 Å². The van der Waals surface area contributed by atoms with E-state index in [2.05, 4.69) is 15.1 Å². The van der Waals surface area contributed by atoms with E-state index in [1.165, 1.54) is 11.1 Å². The molecule has 0 radical (unpaired) electrons. The number of hydrogen-bond acceptors (Lipinski definition) is 6. The lowest BCUT2D eigenvalue weighted by atomic mass is 10.2. The highest BCUT2D eigenvalue weighted by Gasteiger charge is 2.09. The summed E-state index contributed by atoms with van der Waals surface area (Å²) in [5, 5.41) is 3.77. The fourth-order valence-corrected chi connectivity index (χ4v) is 1.52. The van der Waals surface area contributed by atoms with Crippen LogP contribution in [-0.4, -0.2) is 37.4 Å². The van der Waals surface area contributed by atoms with Crippen molar-refractivity contribution in [3.8, 4) is 11.8 Å². The summed E-state index contributed by atoms with van der Waals surface area (Å²) >= 11 is 0. The summed E-state index contributed by atoms with van der Waals surface area (Å²) in [6.07, 6.45) is 2.54. The summed E-state index contributed by atoms with van der Waals surface area (Å²) in [5.74, 6) is 0.372. The van der Waals surface area contributed by atoms with Crippen molar-refractivity contribution in [3.05, 3.63) is 41.8 Å². The third-order valence-corrected chi connectivity index (χ3v) is 2.58. The summed E-state index contributed by atoms with van der Waals surface area (Å²) in [6, 6.07) is 7.23. The Balaban J connectivity index is 2.05. The van der Waals surface area contributed by atoms with Crippen molar-refractivity contribution < 1.29 is 14.0 Å². The van der Waals surface area contributed by atoms with Crippen molar-refractivity contribution in [3.63, 3.8) is 0 Å². The predicted molar refractivity (Wildman–Crippen MR) is 77.5 cm³/mol. The largest absolute Gasteiger partial charge is 0.497 e. The zero-order valence-electron chi connectivity index (χ0n) is 11.9. The smallest absolute Gasteiger partial charge is 0.347 e. The molecule has 2 aromatic rings. The van der Waals surface area contributed by atoms with Gasteiger partial charge >= 0.3 is 6.01 Å². The maximum atomic E-state index is 13.4. The van der Waals surface area contributed by atoms with Crippen LogP contribution in [0.15, 0.2) is 35.6 Å². The van der Waals surface area contributed by atoms with Crippen molar-refractivity contribution in [1.29, 1.82) is 0 Å². The molecule has 7 heteroatoms. The lowest BCUT2D eigenvalue weighted by molar-refractivity contribution is 0.313. The second-order valence-electron chi connectivity index (χ2n) is 4.32. The van der Waals surface area contributed by atoms with Crippen molar-refractivity contribution in [2.75, 3.05) is 26.1 Å². The summed E-state index contributed by atoms with van der Waals surface area (Å²) in [5.41, 5.74) is 0.825. The molecule has 6 nitrogen and oxygen atoms in total. The fourth-order valence-electron chi connectivity index (χ4n) is 1.52. The third kappa shape index (κ3) is 3.88. The molecule has 0 atom stereocenters. The molecule has 0 saturated carbocycles. The Labute approximate surface area is 121 Å². The first-order chi connectivity index (χ1) is 10.1. The van der Waals surface area contributed by atoms with E-state index in [1.54, 1.807) is 33.3 Å². The van der Waals surface area contributed by atoms with Gasteiger partial charge in [0.05, 0.1) is 19.5 Å². The Morgan fingerprint density at radius 1 is 1.24 bits per heavy atom. The van der Waals surface area contributed by atoms with Crippen molar-refractivity contribution in [2.24, 2.45) is 5.16 Å². The minimum Gasteiger partial charge on any atom is -0.497 e. The number of halogens is 1. The van der Waals surface area contributed by atoms with Gasteiger partial charge in [0.1, 0.15) is 5.75 Å². The number of nitrogens with zero attached hydrogens (tertiary/aromatic N) is 4. The average molecular weight is 290 g/mol. The molecule has 0 N–H and O–H groups in total. The number of methoxy groups -OCH3 is 1. The van der Waals surface area contributed by atoms with E-state index >= 15 is 0 Å². The van der Waals surface area contributed by atoms with Gasteiger partial charge in [-0.25, -0.2) is 4.39 Å². The molecule has 0 spiro atoms. The Bertz CT molecular complexity index is 629. The van der Waals surface area contributed by atoms with Crippen LogP contribution in [0.5, 0.6) is 11.8 Å².